The predicted octanol–water partition coefficient (Wildman–Crippen LogP) is 6.24. The van der Waals surface area contributed by atoms with Crippen molar-refractivity contribution in [2.24, 2.45) is 4.99 Å². The molecule has 36 heavy (non-hydrogen) atoms. The lowest BCUT2D eigenvalue weighted by molar-refractivity contribution is -0.115. The van der Waals surface area contributed by atoms with Crippen LogP contribution in [0.4, 0.5) is 10.1 Å². The van der Waals surface area contributed by atoms with E-state index in [4.69, 9.17) is 4.74 Å². The number of fused-ring (bicyclic) bond motifs is 1. The van der Waals surface area contributed by atoms with E-state index in [2.05, 4.69) is 14.9 Å². The van der Waals surface area contributed by atoms with Gasteiger partial charge >= 0.3 is 5.97 Å². The van der Waals surface area contributed by atoms with E-state index >= 15 is 0 Å². The lowest BCUT2D eigenvalue weighted by Gasteiger charge is -2.13. The lowest BCUT2D eigenvalue weighted by atomic mass is 9.95. The van der Waals surface area contributed by atoms with Gasteiger partial charge in [0.2, 0.25) is 0 Å². The van der Waals surface area contributed by atoms with Crippen molar-refractivity contribution < 1.29 is 18.7 Å². The number of halogens is 1. The molecule has 3 heterocycles. The molecule has 1 fully saturated rings. The van der Waals surface area contributed by atoms with Gasteiger partial charge in [-0.05, 0) is 93.6 Å². The van der Waals surface area contributed by atoms with Crippen molar-refractivity contribution in [2.45, 2.75) is 46.5 Å². The summed E-state index contributed by atoms with van der Waals surface area (Å²) >= 11 is 2.84. The van der Waals surface area contributed by atoms with Crippen LogP contribution < -0.4 is 5.32 Å². The number of ether oxygens (including phenoxy) is 1. The SMILES string of the molecule is CCOC(=O)c1c(-n2c(C)cc(/C=C3\SC(=Nc4ccccc4F)NC3=O)c2C)sc2c1CCCC2. The van der Waals surface area contributed by atoms with E-state index in [1.165, 1.54) is 22.7 Å². The number of carbonyl (C=O) groups excluding carboxylic acids is 2. The molecule has 5 rings (SSSR count). The van der Waals surface area contributed by atoms with Gasteiger partial charge < -0.3 is 14.6 Å². The topological polar surface area (TPSA) is 72.7 Å². The van der Waals surface area contributed by atoms with Gasteiger partial charge in [-0.2, -0.15) is 0 Å². The summed E-state index contributed by atoms with van der Waals surface area (Å²) in [6.07, 6.45) is 5.88. The number of aliphatic imine (C=N–C) groups is 1. The van der Waals surface area contributed by atoms with Crippen LogP contribution in [0.1, 0.15) is 57.5 Å². The Morgan fingerprint density at radius 1 is 1.25 bits per heavy atom. The Kier molecular flexibility index (Phi) is 6.85. The van der Waals surface area contributed by atoms with Crippen molar-refractivity contribution in [3.05, 3.63) is 74.0 Å². The van der Waals surface area contributed by atoms with Crippen molar-refractivity contribution in [2.75, 3.05) is 6.61 Å². The summed E-state index contributed by atoms with van der Waals surface area (Å²) in [7, 11) is 0. The summed E-state index contributed by atoms with van der Waals surface area (Å²) in [5, 5.41) is 3.93. The third kappa shape index (κ3) is 4.53. The number of nitrogens with zero attached hydrogens (tertiary/aromatic N) is 2. The van der Waals surface area contributed by atoms with Crippen LogP contribution in [0.5, 0.6) is 0 Å². The molecule has 0 radical (unpaired) electrons. The van der Waals surface area contributed by atoms with Crippen LogP contribution in [-0.4, -0.2) is 28.2 Å². The number of aromatic nitrogens is 1. The molecule has 1 N–H and O–H groups in total. The summed E-state index contributed by atoms with van der Waals surface area (Å²) in [4.78, 5) is 31.6. The van der Waals surface area contributed by atoms with Crippen LogP contribution in [0.3, 0.4) is 0 Å². The second kappa shape index (κ2) is 10.1. The summed E-state index contributed by atoms with van der Waals surface area (Å²) in [5.74, 6) is -1.01. The summed E-state index contributed by atoms with van der Waals surface area (Å²) in [6, 6.07) is 8.20. The highest BCUT2D eigenvalue weighted by Crippen LogP contribution is 2.40. The molecule has 1 amide bonds. The van der Waals surface area contributed by atoms with Gasteiger partial charge in [-0.1, -0.05) is 12.1 Å². The zero-order valence-corrected chi connectivity index (χ0v) is 21.9. The summed E-state index contributed by atoms with van der Waals surface area (Å²) < 4.78 is 21.5. The Hall–Kier alpha value is -3.17. The van der Waals surface area contributed by atoms with Crippen molar-refractivity contribution in [3.63, 3.8) is 0 Å². The minimum atomic E-state index is -0.447. The number of para-hydroxylation sites is 1. The number of amides is 1. The van der Waals surface area contributed by atoms with E-state index in [9.17, 15) is 14.0 Å². The fraction of sp³-hybridized carbons (Fsp3) is 0.296. The van der Waals surface area contributed by atoms with Crippen molar-refractivity contribution in [3.8, 4) is 5.00 Å². The quantitative estimate of drug-likeness (QED) is 0.317. The Labute approximate surface area is 217 Å². The van der Waals surface area contributed by atoms with E-state index in [1.54, 1.807) is 29.5 Å². The van der Waals surface area contributed by atoms with Crippen LogP contribution >= 0.6 is 23.1 Å². The Morgan fingerprint density at radius 2 is 2.03 bits per heavy atom. The van der Waals surface area contributed by atoms with Gasteiger partial charge in [-0.15, -0.1) is 11.3 Å². The first-order valence-electron chi connectivity index (χ1n) is 11.9. The maximum atomic E-state index is 14.0. The highest BCUT2D eigenvalue weighted by molar-refractivity contribution is 8.18. The minimum Gasteiger partial charge on any atom is -0.462 e. The van der Waals surface area contributed by atoms with Gasteiger partial charge in [-0.25, -0.2) is 14.2 Å². The number of nitrogens with one attached hydrogen (secondary N) is 1. The number of carbonyl (C=O) groups is 2. The molecule has 2 aromatic heterocycles. The fourth-order valence-electron chi connectivity index (χ4n) is 4.64. The number of rotatable bonds is 5. The van der Waals surface area contributed by atoms with E-state index in [1.807, 2.05) is 32.9 Å². The molecule has 0 atom stereocenters. The number of amidine groups is 1. The van der Waals surface area contributed by atoms with Crippen LogP contribution in [-0.2, 0) is 22.4 Å². The highest BCUT2D eigenvalue weighted by atomic mass is 32.2. The molecule has 6 nitrogen and oxygen atoms in total. The van der Waals surface area contributed by atoms with Gasteiger partial charge in [0.25, 0.3) is 5.91 Å². The van der Waals surface area contributed by atoms with Gasteiger partial charge in [0.05, 0.1) is 17.1 Å². The second-order valence-electron chi connectivity index (χ2n) is 8.71. The average Bonchev–Trinajstić information content (AvgIpc) is 3.48. The van der Waals surface area contributed by atoms with E-state index in [-0.39, 0.29) is 17.6 Å². The standard InChI is InChI=1S/C27H26FN3O3S2/c1-4-34-26(33)23-18-9-5-8-12-21(18)35-25(23)31-15(2)13-17(16(31)3)14-22-24(32)30-27(36-22)29-20-11-7-6-10-19(20)28/h6-7,10-11,13-14H,4-5,8-9,12H2,1-3H3,(H,29,30,32)/b22-14-. The van der Waals surface area contributed by atoms with Gasteiger partial charge in [-0.3, -0.25) is 4.79 Å². The summed E-state index contributed by atoms with van der Waals surface area (Å²) in [6.45, 7) is 6.13. The van der Waals surface area contributed by atoms with E-state index in [0.717, 1.165) is 53.2 Å². The number of esters is 1. The molecule has 0 saturated carbocycles. The first-order valence-corrected chi connectivity index (χ1v) is 13.6. The normalized spacial score (nSPS) is 17.5. The number of aryl methyl sites for hydroxylation is 2. The average molecular weight is 524 g/mol. The molecule has 2 aliphatic rings. The minimum absolute atomic E-state index is 0.174. The van der Waals surface area contributed by atoms with Gasteiger partial charge in [0, 0.05) is 16.3 Å². The molecule has 1 saturated heterocycles. The van der Waals surface area contributed by atoms with Crippen LogP contribution in [0.15, 0.2) is 40.2 Å². The lowest BCUT2D eigenvalue weighted by Crippen LogP contribution is -2.19. The largest absolute Gasteiger partial charge is 0.462 e. The molecule has 1 aliphatic heterocycles. The van der Waals surface area contributed by atoms with Crippen LogP contribution in [0.2, 0.25) is 0 Å². The van der Waals surface area contributed by atoms with Crippen molar-refractivity contribution >= 4 is 51.9 Å². The molecule has 9 heteroatoms. The van der Waals surface area contributed by atoms with E-state index in [0.29, 0.717) is 22.2 Å². The monoisotopic (exact) mass is 523 g/mol. The Morgan fingerprint density at radius 3 is 2.81 bits per heavy atom. The van der Waals surface area contributed by atoms with Crippen molar-refractivity contribution in [1.82, 2.24) is 9.88 Å². The highest BCUT2D eigenvalue weighted by Gasteiger charge is 2.29. The molecule has 0 spiro atoms. The molecule has 0 unspecified atom stereocenters. The maximum absolute atomic E-state index is 14.0. The number of thiophene rings is 1. The third-order valence-corrected chi connectivity index (χ3v) is 8.50. The van der Waals surface area contributed by atoms with Gasteiger partial charge in [0.15, 0.2) is 5.17 Å². The zero-order valence-electron chi connectivity index (χ0n) is 20.3. The fourth-order valence-corrected chi connectivity index (χ4v) is 6.96. The molecule has 3 aromatic rings. The second-order valence-corrected chi connectivity index (χ2v) is 10.8. The third-order valence-electron chi connectivity index (χ3n) is 6.32. The van der Waals surface area contributed by atoms with E-state index < -0.39 is 5.82 Å². The molecule has 0 bridgehead atoms. The predicted molar refractivity (Wildman–Crippen MR) is 143 cm³/mol. The molecule has 186 valence electrons. The number of hydrogen-bond acceptors (Lipinski definition) is 6. The first-order chi connectivity index (χ1) is 17.4. The molecular formula is C27H26FN3O3S2. The van der Waals surface area contributed by atoms with Crippen LogP contribution in [0.25, 0.3) is 11.1 Å². The number of hydrogen-bond donors (Lipinski definition) is 1. The van der Waals surface area contributed by atoms with Crippen molar-refractivity contribution in [1.29, 1.82) is 0 Å². The van der Waals surface area contributed by atoms with Crippen LogP contribution in [0, 0.1) is 19.7 Å². The first kappa shape index (κ1) is 24.5. The summed E-state index contributed by atoms with van der Waals surface area (Å²) in [5.41, 5.74) is 4.73. The zero-order chi connectivity index (χ0) is 25.4. The molecule has 1 aromatic carbocycles. The smallest absolute Gasteiger partial charge is 0.341 e. The number of benzene rings is 1. The molecule has 1 aliphatic carbocycles. The number of thioether (sulfide) groups is 1. The van der Waals surface area contributed by atoms with Gasteiger partial charge in [0.1, 0.15) is 16.5 Å². The Bertz CT molecular complexity index is 1430. The maximum Gasteiger partial charge on any atom is 0.341 e. The Balaban J connectivity index is 1.52. The molecular weight excluding hydrogens is 497 g/mol.